The average Bonchev–Trinajstić information content (AvgIpc) is 2.63. The first-order valence-corrected chi connectivity index (χ1v) is 12.2. The Bertz CT molecular complexity index is 1090. The minimum Gasteiger partial charge on any atom is -0.279 e. The molecule has 2 aromatic rings. The highest BCUT2D eigenvalue weighted by molar-refractivity contribution is 7.92. The maximum atomic E-state index is 12.9. The van der Waals surface area contributed by atoms with Crippen LogP contribution in [0.1, 0.15) is 36.0 Å². The van der Waals surface area contributed by atoms with Crippen molar-refractivity contribution in [3.63, 3.8) is 0 Å². The Morgan fingerprint density at radius 1 is 0.821 bits per heavy atom. The van der Waals surface area contributed by atoms with Crippen molar-refractivity contribution >= 4 is 25.7 Å². The van der Waals surface area contributed by atoms with Gasteiger partial charge in [-0.2, -0.15) is 4.31 Å². The standard InChI is InChI=1S/C20H26N2O4S2/c1-15-7-10-20(17(3)13-15)27(23,24)21-19-14-18(9-8-16(19)2)28(25,26)22-11-5-4-6-12-22/h7-10,13-14,21H,4-6,11-12H2,1-3H3. The van der Waals surface area contributed by atoms with Crippen molar-refractivity contribution in [2.75, 3.05) is 17.8 Å². The number of anilines is 1. The fourth-order valence-electron chi connectivity index (χ4n) is 3.43. The van der Waals surface area contributed by atoms with Crippen LogP contribution in [0.5, 0.6) is 0 Å². The summed E-state index contributed by atoms with van der Waals surface area (Å²) >= 11 is 0. The summed E-state index contributed by atoms with van der Waals surface area (Å²) < 4.78 is 55.7. The van der Waals surface area contributed by atoms with Gasteiger partial charge in [-0.15, -0.1) is 0 Å². The van der Waals surface area contributed by atoms with Crippen molar-refractivity contribution < 1.29 is 16.8 Å². The van der Waals surface area contributed by atoms with Crippen LogP contribution in [-0.4, -0.2) is 34.2 Å². The topological polar surface area (TPSA) is 83.5 Å². The van der Waals surface area contributed by atoms with E-state index in [1.807, 2.05) is 6.92 Å². The number of rotatable bonds is 5. The summed E-state index contributed by atoms with van der Waals surface area (Å²) in [6, 6.07) is 9.70. The number of hydrogen-bond acceptors (Lipinski definition) is 4. The third kappa shape index (κ3) is 4.24. The summed E-state index contributed by atoms with van der Waals surface area (Å²) in [7, 11) is -7.47. The maximum Gasteiger partial charge on any atom is 0.262 e. The third-order valence-electron chi connectivity index (χ3n) is 5.03. The van der Waals surface area contributed by atoms with Gasteiger partial charge in [0.25, 0.3) is 10.0 Å². The molecule has 8 heteroatoms. The van der Waals surface area contributed by atoms with E-state index < -0.39 is 20.0 Å². The zero-order valence-electron chi connectivity index (χ0n) is 16.4. The van der Waals surface area contributed by atoms with Crippen LogP contribution >= 0.6 is 0 Å². The molecule has 0 bridgehead atoms. The molecule has 6 nitrogen and oxygen atoms in total. The van der Waals surface area contributed by atoms with Crippen LogP contribution < -0.4 is 4.72 Å². The maximum absolute atomic E-state index is 12.9. The van der Waals surface area contributed by atoms with Gasteiger partial charge in [0.2, 0.25) is 10.0 Å². The van der Waals surface area contributed by atoms with E-state index in [2.05, 4.69) is 4.72 Å². The molecule has 1 fully saturated rings. The second-order valence-electron chi connectivity index (χ2n) is 7.32. The fraction of sp³-hybridized carbons (Fsp3) is 0.400. The van der Waals surface area contributed by atoms with Crippen molar-refractivity contribution in [1.82, 2.24) is 4.31 Å². The van der Waals surface area contributed by atoms with E-state index in [4.69, 9.17) is 0 Å². The van der Waals surface area contributed by atoms with Crippen LogP contribution in [0, 0.1) is 20.8 Å². The number of piperidine rings is 1. The van der Waals surface area contributed by atoms with Gasteiger partial charge in [0.15, 0.2) is 0 Å². The van der Waals surface area contributed by atoms with Crippen LogP contribution in [0.3, 0.4) is 0 Å². The highest BCUT2D eigenvalue weighted by atomic mass is 32.2. The minimum atomic E-state index is -3.83. The number of aryl methyl sites for hydroxylation is 3. The van der Waals surface area contributed by atoms with E-state index >= 15 is 0 Å². The predicted molar refractivity (Wildman–Crippen MR) is 111 cm³/mol. The molecule has 0 radical (unpaired) electrons. The Kier molecular flexibility index (Phi) is 5.84. The van der Waals surface area contributed by atoms with Crippen molar-refractivity contribution in [3.8, 4) is 0 Å². The molecule has 0 saturated carbocycles. The number of hydrogen-bond donors (Lipinski definition) is 1. The molecule has 1 aliphatic heterocycles. The lowest BCUT2D eigenvalue weighted by molar-refractivity contribution is 0.346. The number of nitrogens with zero attached hydrogens (tertiary/aromatic N) is 1. The van der Waals surface area contributed by atoms with E-state index in [9.17, 15) is 16.8 Å². The molecule has 2 aromatic carbocycles. The molecule has 3 rings (SSSR count). The lowest BCUT2D eigenvalue weighted by atomic mass is 10.2. The van der Waals surface area contributed by atoms with Gasteiger partial charge < -0.3 is 0 Å². The van der Waals surface area contributed by atoms with Gasteiger partial charge in [0.05, 0.1) is 15.5 Å². The summed E-state index contributed by atoms with van der Waals surface area (Å²) in [5.41, 5.74) is 2.55. The molecule has 28 heavy (non-hydrogen) atoms. The Morgan fingerprint density at radius 2 is 1.50 bits per heavy atom. The third-order valence-corrected chi connectivity index (χ3v) is 8.45. The van der Waals surface area contributed by atoms with Crippen molar-refractivity contribution in [3.05, 3.63) is 53.1 Å². The summed E-state index contributed by atoms with van der Waals surface area (Å²) in [6.07, 6.45) is 2.72. The molecule has 1 N–H and O–H groups in total. The Balaban J connectivity index is 1.95. The zero-order chi connectivity index (χ0) is 20.5. The monoisotopic (exact) mass is 422 g/mol. The first-order chi connectivity index (χ1) is 13.1. The first kappa shape index (κ1) is 20.8. The van der Waals surface area contributed by atoms with Crippen molar-refractivity contribution in [2.45, 2.75) is 49.8 Å². The smallest absolute Gasteiger partial charge is 0.262 e. The number of benzene rings is 2. The number of sulfonamides is 2. The Hall–Kier alpha value is -1.90. The molecular formula is C20H26N2O4S2. The van der Waals surface area contributed by atoms with Gasteiger partial charge in [0.1, 0.15) is 0 Å². The lowest BCUT2D eigenvalue weighted by Gasteiger charge is -2.26. The van der Waals surface area contributed by atoms with Crippen LogP contribution in [0.25, 0.3) is 0 Å². The summed E-state index contributed by atoms with van der Waals surface area (Å²) in [6.45, 7) is 6.39. The zero-order valence-corrected chi connectivity index (χ0v) is 18.0. The highest BCUT2D eigenvalue weighted by Gasteiger charge is 2.27. The Morgan fingerprint density at radius 3 is 2.14 bits per heavy atom. The second kappa shape index (κ2) is 7.85. The molecule has 0 aromatic heterocycles. The Labute approximate surface area is 167 Å². The van der Waals surface area contributed by atoms with Gasteiger partial charge in [-0.1, -0.05) is 30.2 Å². The molecule has 0 atom stereocenters. The predicted octanol–water partition coefficient (Wildman–Crippen LogP) is 3.59. The van der Waals surface area contributed by atoms with Gasteiger partial charge in [-0.3, -0.25) is 4.72 Å². The van der Waals surface area contributed by atoms with Crippen LogP contribution in [-0.2, 0) is 20.0 Å². The molecular weight excluding hydrogens is 396 g/mol. The largest absolute Gasteiger partial charge is 0.279 e. The van der Waals surface area contributed by atoms with Crippen molar-refractivity contribution in [2.24, 2.45) is 0 Å². The van der Waals surface area contributed by atoms with Gasteiger partial charge in [-0.05, 0) is 62.9 Å². The van der Waals surface area contributed by atoms with Gasteiger partial charge >= 0.3 is 0 Å². The molecule has 152 valence electrons. The van der Waals surface area contributed by atoms with Gasteiger partial charge in [0, 0.05) is 13.1 Å². The van der Waals surface area contributed by atoms with Crippen LogP contribution in [0.4, 0.5) is 5.69 Å². The first-order valence-electron chi connectivity index (χ1n) is 9.32. The van der Waals surface area contributed by atoms with E-state index in [0.29, 0.717) is 24.2 Å². The summed E-state index contributed by atoms with van der Waals surface area (Å²) in [5.74, 6) is 0. The summed E-state index contributed by atoms with van der Waals surface area (Å²) in [5, 5.41) is 0. The van der Waals surface area contributed by atoms with E-state index in [0.717, 1.165) is 24.8 Å². The van der Waals surface area contributed by atoms with Crippen molar-refractivity contribution in [1.29, 1.82) is 0 Å². The van der Waals surface area contributed by atoms with E-state index in [1.165, 1.54) is 16.4 Å². The van der Waals surface area contributed by atoms with Gasteiger partial charge in [-0.25, -0.2) is 16.8 Å². The normalized spacial score (nSPS) is 16.1. The molecule has 0 unspecified atom stereocenters. The lowest BCUT2D eigenvalue weighted by Crippen LogP contribution is -2.35. The van der Waals surface area contributed by atoms with E-state index in [1.54, 1.807) is 38.1 Å². The quantitative estimate of drug-likeness (QED) is 0.798. The molecule has 1 aliphatic rings. The van der Waals surface area contributed by atoms with E-state index in [-0.39, 0.29) is 15.5 Å². The van der Waals surface area contributed by atoms with Crippen LogP contribution in [0.15, 0.2) is 46.2 Å². The fourth-order valence-corrected chi connectivity index (χ4v) is 6.32. The minimum absolute atomic E-state index is 0.110. The molecule has 0 aliphatic carbocycles. The highest BCUT2D eigenvalue weighted by Crippen LogP contribution is 2.27. The molecule has 0 spiro atoms. The second-order valence-corrected chi connectivity index (χ2v) is 10.9. The number of nitrogens with one attached hydrogen (secondary N) is 1. The average molecular weight is 423 g/mol. The van der Waals surface area contributed by atoms with Crippen LogP contribution in [0.2, 0.25) is 0 Å². The summed E-state index contributed by atoms with van der Waals surface area (Å²) in [4.78, 5) is 0.292. The molecule has 1 saturated heterocycles. The molecule has 1 heterocycles. The molecule has 0 amide bonds. The SMILES string of the molecule is Cc1ccc(S(=O)(=O)Nc2cc(S(=O)(=O)N3CCCCC3)ccc2C)c(C)c1.